The molecule has 2 heterocycles. The maximum absolute atomic E-state index is 10.7. The normalized spacial score (nSPS) is 11.2. The van der Waals surface area contributed by atoms with Gasteiger partial charge in [-0.25, -0.2) is 0 Å². The number of aromatic nitrogens is 2. The fourth-order valence-electron chi connectivity index (χ4n) is 5.14. The highest BCUT2D eigenvalue weighted by Gasteiger charge is 2.35. The molecule has 0 N–H and O–H groups in total. The minimum atomic E-state index is -2.23. The summed E-state index contributed by atoms with van der Waals surface area (Å²) in [5, 5.41) is 21.4. The first-order chi connectivity index (χ1) is 22.9. The molecule has 0 unspecified atom stereocenters. The summed E-state index contributed by atoms with van der Waals surface area (Å²) < 4.78 is 8.15. The van der Waals surface area contributed by atoms with E-state index in [0.717, 1.165) is 6.42 Å². The molecule has 7 nitrogen and oxygen atoms in total. The average molecular weight is 649 g/mol. The van der Waals surface area contributed by atoms with Crippen LogP contribution < -0.4 is 29.2 Å². The van der Waals surface area contributed by atoms with Crippen molar-refractivity contribution >= 4 is 7.32 Å². The van der Waals surface area contributed by atoms with Crippen LogP contribution in [0.15, 0.2) is 152 Å². The van der Waals surface area contributed by atoms with Gasteiger partial charge >= 0.3 is 0 Å². The van der Waals surface area contributed by atoms with Crippen LogP contribution in [-0.4, -0.2) is 25.1 Å². The van der Waals surface area contributed by atoms with Gasteiger partial charge in [-0.05, 0) is 71.1 Å². The van der Waals surface area contributed by atoms with Gasteiger partial charge in [-0.3, -0.25) is 9.68 Å². The van der Waals surface area contributed by atoms with Gasteiger partial charge in [0.2, 0.25) is 24.8 Å². The summed E-state index contributed by atoms with van der Waals surface area (Å²) in [5.74, 6) is 0. The highest BCUT2D eigenvalue weighted by atomic mass is 16.7. The van der Waals surface area contributed by atoms with E-state index in [2.05, 4.69) is 36.4 Å². The van der Waals surface area contributed by atoms with Crippen molar-refractivity contribution in [1.82, 2.24) is 0 Å². The summed E-state index contributed by atoms with van der Waals surface area (Å²) in [5.41, 5.74) is 2.90. The number of rotatable bonds is 10. The Labute approximate surface area is 287 Å². The van der Waals surface area contributed by atoms with E-state index in [-0.39, 0.29) is 23.2 Å². The van der Waals surface area contributed by atoms with Crippen LogP contribution in [0.4, 0.5) is 0 Å². The Bertz CT molecular complexity index is 1400. The van der Waals surface area contributed by atoms with Crippen LogP contribution in [0.25, 0.3) is 0 Å². The van der Waals surface area contributed by atoms with E-state index in [1.165, 1.54) is 16.7 Å². The van der Waals surface area contributed by atoms with Crippen molar-refractivity contribution in [3.63, 3.8) is 0 Å². The van der Waals surface area contributed by atoms with E-state index in [0.29, 0.717) is 6.42 Å². The fraction of sp³-hybridized carbons (Fsp3) is 0.300. The highest BCUT2D eigenvalue weighted by molar-refractivity contribution is 6.28. The smallest absolute Gasteiger partial charge is 0.222 e. The summed E-state index contributed by atoms with van der Waals surface area (Å²) >= 11 is 0. The van der Waals surface area contributed by atoms with E-state index in [1.807, 2.05) is 157 Å². The van der Waals surface area contributed by atoms with Crippen LogP contribution in [-0.2, 0) is 10.1 Å². The zero-order valence-electron chi connectivity index (χ0n) is 29.1. The van der Waals surface area contributed by atoms with Crippen LogP contribution in [0.3, 0.4) is 0 Å². The third kappa shape index (κ3) is 13.3. The monoisotopic (exact) mass is 648 g/mol. The molecule has 0 spiro atoms. The van der Waals surface area contributed by atoms with Crippen LogP contribution in [0, 0.1) is 0 Å². The lowest BCUT2D eigenvalue weighted by atomic mass is 9.67. The second-order valence-electron chi connectivity index (χ2n) is 13.1. The topological polar surface area (TPSA) is 81.6 Å². The van der Waals surface area contributed by atoms with Crippen molar-refractivity contribution in [1.29, 1.82) is 0 Å². The molecule has 0 saturated carbocycles. The lowest BCUT2D eigenvalue weighted by Crippen LogP contribution is -2.50. The quantitative estimate of drug-likeness (QED) is 0.0930. The number of hydrogen-bond acceptors (Lipinski definition) is 5. The molecule has 0 aliphatic heterocycles. The van der Waals surface area contributed by atoms with Crippen molar-refractivity contribution in [2.45, 2.75) is 71.0 Å². The predicted molar refractivity (Wildman–Crippen MR) is 186 cm³/mol. The summed E-state index contributed by atoms with van der Waals surface area (Å²) in [6, 6.07) is 42.7. The molecule has 5 aromatic rings. The Morgan fingerprint density at radius 2 is 0.812 bits per heavy atom. The first kappa shape index (κ1) is 38.0. The fourth-order valence-corrected chi connectivity index (χ4v) is 5.14. The number of nitrogens with zero attached hydrogens (tertiary/aromatic N) is 2. The predicted octanol–water partition coefficient (Wildman–Crippen LogP) is 4.93. The molecular formula is C40H49BN2O5. The van der Waals surface area contributed by atoms with Gasteiger partial charge in [-0.2, -0.15) is 0 Å². The third-order valence-electron chi connectivity index (χ3n) is 6.88. The molecule has 0 atom stereocenters. The van der Waals surface area contributed by atoms with Gasteiger partial charge in [-0.15, -0.1) is 0 Å². The minimum absolute atomic E-state index is 0.133. The van der Waals surface area contributed by atoms with Crippen LogP contribution >= 0.6 is 0 Å². The largest absolute Gasteiger partial charge is 0.871 e. The Morgan fingerprint density at radius 3 is 1.10 bits per heavy atom. The third-order valence-corrected chi connectivity index (χ3v) is 6.88. The summed E-state index contributed by atoms with van der Waals surface area (Å²) in [7, 11) is -2.23. The van der Waals surface area contributed by atoms with Gasteiger partial charge in [-0.1, -0.05) is 103 Å². The standard InChI is InChI=1S/C22H21BO3.2C9H14NO/c24-23(25)26-18-10-17-22(19-11-4-1-5-12-19,20-13-6-2-7-14-20)21-15-8-3-9-16-21;2*1-9(2,3)11-10-7-5-4-6-8-10/h1-9,11-16H,10,17-18H2;2*4-8H,1-3H3/q-2;2*+1. The maximum Gasteiger partial charge on any atom is 0.222 e. The first-order valence-corrected chi connectivity index (χ1v) is 16.3. The Hall–Kier alpha value is -4.50. The van der Waals surface area contributed by atoms with Crippen LogP contribution in [0.2, 0.25) is 0 Å². The van der Waals surface area contributed by atoms with Crippen molar-refractivity contribution in [2.75, 3.05) is 6.61 Å². The second-order valence-corrected chi connectivity index (χ2v) is 13.1. The first-order valence-electron chi connectivity index (χ1n) is 16.3. The van der Waals surface area contributed by atoms with E-state index in [4.69, 9.17) is 14.3 Å². The van der Waals surface area contributed by atoms with Gasteiger partial charge in [0.25, 0.3) is 0 Å². The zero-order chi connectivity index (χ0) is 34.9. The molecule has 0 radical (unpaired) electrons. The molecule has 0 saturated heterocycles. The van der Waals surface area contributed by atoms with Crippen molar-refractivity contribution in [3.05, 3.63) is 169 Å². The van der Waals surface area contributed by atoms with Gasteiger partial charge in [0, 0.05) is 45.7 Å². The van der Waals surface area contributed by atoms with Crippen LogP contribution in [0.1, 0.15) is 71.1 Å². The van der Waals surface area contributed by atoms with E-state index in [9.17, 15) is 10.0 Å². The van der Waals surface area contributed by atoms with Crippen LogP contribution in [0.5, 0.6) is 0 Å². The summed E-state index contributed by atoms with van der Waals surface area (Å²) in [6.45, 7) is 12.3. The summed E-state index contributed by atoms with van der Waals surface area (Å²) in [4.78, 5) is 11.0. The second kappa shape index (κ2) is 18.7. The molecule has 8 heteroatoms. The number of pyridine rings is 2. The van der Waals surface area contributed by atoms with E-state index < -0.39 is 7.32 Å². The van der Waals surface area contributed by atoms with Crippen molar-refractivity contribution in [3.8, 4) is 0 Å². The van der Waals surface area contributed by atoms with Gasteiger partial charge in [0.15, 0.2) is 11.2 Å². The molecule has 0 fully saturated rings. The molecule has 5 rings (SSSR count). The van der Waals surface area contributed by atoms with Gasteiger partial charge < -0.3 is 14.7 Å². The Morgan fingerprint density at radius 1 is 0.500 bits per heavy atom. The molecule has 0 bridgehead atoms. The lowest BCUT2D eigenvalue weighted by Gasteiger charge is -2.37. The maximum atomic E-state index is 10.7. The average Bonchev–Trinajstić information content (AvgIpc) is 3.06. The van der Waals surface area contributed by atoms with Gasteiger partial charge in [0.1, 0.15) is 0 Å². The van der Waals surface area contributed by atoms with Crippen molar-refractivity contribution in [2.24, 2.45) is 0 Å². The molecule has 0 aliphatic carbocycles. The molecule has 0 amide bonds. The molecular weight excluding hydrogens is 599 g/mol. The van der Waals surface area contributed by atoms with E-state index in [1.54, 1.807) is 9.46 Å². The molecule has 3 aromatic carbocycles. The lowest BCUT2D eigenvalue weighted by molar-refractivity contribution is -0.905. The highest BCUT2D eigenvalue weighted by Crippen LogP contribution is 2.42. The molecule has 0 aliphatic rings. The number of hydrogen-bond donors (Lipinski definition) is 0. The van der Waals surface area contributed by atoms with E-state index >= 15 is 0 Å². The minimum Gasteiger partial charge on any atom is -0.871 e. The molecule has 252 valence electrons. The molecule has 48 heavy (non-hydrogen) atoms. The Balaban J connectivity index is 0.000000233. The molecule has 2 aromatic heterocycles. The van der Waals surface area contributed by atoms with Gasteiger partial charge in [0.05, 0.1) is 7.32 Å². The SMILES string of the molecule is CC(C)(C)O[n+]1ccccc1.CC(C)(C)O[n+]1ccccc1.[O-]B([O-])OCCCC(c1ccccc1)(c1ccccc1)c1ccccc1. The summed E-state index contributed by atoms with van der Waals surface area (Å²) in [6.07, 6.45) is 8.87. The van der Waals surface area contributed by atoms with Crippen molar-refractivity contribution < 1.29 is 33.8 Å². The zero-order valence-corrected chi connectivity index (χ0v) is 29.1. The number of benzene rings is 3. The Kier molecular flexibility index (Phi) is 14.8.